The van der Waals surface area contributed by atoms with Crippen LogP contribution in [0.2, 0.25) is 0 Å². The minimum absolute atomic E-state index is 0.0131. The van der Waals surface area contributed by atoms with E-state index >= 15 is 0 Å². The van der Waals surface area contributed by atoms with Crippen LogP contribution in [0.1, 0.15) is 31.2 Å². The fourth-order valence-electron chi connectivity index (χ4n) is 4.89. The number of carboxylic acid groups (broad SMARTS) is 1. The van der Waals surface area contributed by atoms with Gasteiger partial charge < -0.3 is 46.6 Å². The van der Waals surface area contributed by atoms with E-state index in [1.165, 1.54) is 21.9 Å². The quantitative estimate of drug-likeness (QED) is 0.151. The summed E-state index contributed by atoms with van der Waals surface area (Å²) in [6, 6.07) is 0.275. The second kappa shape index (κ2) is 13.4. The number of aliphatic carboxylic acids is 1. The number of likely N-dealkylation sites (tertiary alicyclic amines) is 2. The molecule has 2 saturated heterocycles. The van der Waals surface area contributed by atoms with Crippen LogP contribution in [-0.4, -0.2) is 116 Å². The summed E-state index contributed by atoms with van der Waals surface area (Å²) in [4.78, 5) is 66.3. The predicted molar refractivity (Wildman–Crippen MR) is 135 cm³/mol. The lowest BCUT2D eigenvalue weighted by molar-refractivity contribution is -0.146. The first-order valence-corrected chi connectivity index (χ1v) is 12.8. The van der Waals surface area contributed by atoms with Crippen molar-refractivity contribution < 1.29 is 44.4 Å². The standard InChI is InChI=1S/C25H35N5O9/c26-16(12-31)23(36)29-9-1-3-19(29)21(34)27-17(11-14-5-7-15(33)8-6-14)24(37)30-10-2-4-20(30)22(35)28-18(13-32)25(38)39/h5-8,16-20,31-33H,1-4,9-13,26H2,(H,27,34)(H,28,35)(H,38,39)/t16-,17-,18-,19-,20-/m0/s1. The Morgan fingerprint density at radius 2 is 1.36 bits per heavy atom. The summed E-state index contributed by atoms with van der Waals surface area (Å²) in [6.07, 6.45) is 1.61. The number of nitrogens with two attached hydrogens (primary N) is 1. The molecular formula is C25H35N5O9. The summed E-state index contributed by atoms with van der Waals surface area (Å²) in [7, 11) is 0. The molecule has 14 heteroatoms. The van der Waals surface area contributed by atoms with Gasteiger partial charge in [0.15, 0.2) is 0 Å². The van der Waals surface area contributed by atoms with E-state index < -0.39 is 73.0 Å². The minimum Gasteiger partial charge on any atom is -0.508 e. The summed E-state index contributed by atoms with van der Waals surface area (Å²) in [5.74, 6) is -3.88. The van der Waals surface area contributed by atoms with Gasteiger partial charge in [-0.25, -0.2) is 4.79 Å². The monoisotopic (exact) mass is 549 g/mol. The van der Waals surface area contributed by atoms with E-state index in [2.05, 4.69) is 10.6 Å². The van der Waals surface area contributed by atoms with Crippen LogP contribution in [0.5, 0.6) is 5.75 Å². The fourth-order valence-corrected chi connectivity index (χ4v) is 4.89. The van der Waals surface area contributed by atoms with Crippen LogP contribution in [0.3, 0.4) is 0 Å². The molecule has 3 rings (SSSR count). The van der Waals surface area contributed by atoms with Gasteiger partial charge in [-0.2, -0.15) is 0 Å². The lowest BCUT2D eigenvalue weighted by Crippen LogP contribution is -2.58. The van der Waals surface area contributed by atoms with Crippen LogP contribution in [0.25, 0.3) is 0 Å². The maximum Gasteiger partial charge on any atom is 0.328 e. The second-order valence-electron chi connectivity index (χ2n) is 9.68. The Morgan fingerprint density at radius 1 is 0.846 bits per heavy atom. The molecule has 4 amide bonds. The van der Waals surface area contributed by atoms with E-state index in [-0.39, 0.29) is 31.7 Å². The molecule has 0 aromatic heterocycles. The largest absolute Gasteiger partial charge is 0.508 e. The number of nitrogens with zero attached hydrogens (tertiary/aromatic N) is 2. The van der Waals surface area contributed by atoms with E-state index in [0.29, 0.717) is 24.8 Å². The van der Waals surface area contributed by atoms with Crippen molar-refractivity contribution in [2.75, 3.05) is 26.3 Å². The average Bonchev–Trinajstić information content (AvgIpc) is 3.61. The number of carbonyl (C=O) groups is 5. The number of carbonyl (C=O) groups excluding carboxylic acids is 4. The van der Waals surface area contributed by atoms with Gasteiger partial charge in [-0.3, -0.25) is 19.2 Å². The van der Waals surface area contributed by atoms with Crippen molar-refractivity contribution >= 4 is 29.6 Å². The van der Waals surface area contributed by atoms with Gasteiger partial charge in [0.25, 0.3) is 0 Å². The Hall–Kier alpha value is -3.75. The highest BCUT2D eigenvalue weighted by atomic mass is 16.4. The third-order valence-corrected chi connectivity index (χ3v) is 6.98. The maximum atomic E-state index is 13.7. The molecule has 2 aliphatic rings. The molecule has 5 atom stereocenters. The Labute approximate surface area is 224 Å². The molecule has 8 N–H and O–H groups in total. The Morgan fingerprint density at radius 3 is 1.85 bits per heavy atom. The zero-order valence-corrected chi connectivity index (χ0v) is 21.4. The highest BCUT2D eigenvalue weighted by molar-refractivity contribution is 5.96. The first-order chi connectivity index (χ1) is 18.6. The van der Waals surface area contributed by atoms with Crippen molar-refractivity contribution in [3.63, 3.8) is 0 Å². The van der Waals surface area contributed by atoms with Gasteiger partial charge in [-0.15, -0.1) is 0 Å². The molecule has 0 aliphatic carbocycles. The summed E-state index contributed by atoms with van der Waals surface area (Å²) >= 11 is 0. The average molecular weight is 550 g/mol. The molecule has 14 nitrogen and oxygen atoms in total. The van der Waals surface area contributed by atoms with Crippen LogP contribution in [0, 0.1) is 0 Å². The normalized spacial score (nSPS) is 21.2. The molecule has 0 bridgehead atoms. The summed E-state index contributed by atoms with van der Waals surface area (Å²) in [5.41, 5.74) is 6.28. The number of carboxylic acids is 1. The third kappa shape index (κ3) is 7.22. The topological polar surface area (TPSA) is 223 Å². The summed E-state index contributed by atoms with van der Waals surface area (Å²) in [5, 5.41) is 42.2. The van der Waals surface area contributed by atoms with Crippen molar-refractivity contribution in [3.8, 4) is 5.75 Å². The van der Waals surface area contributed by atoms with Gasteiger partial charge in [0.2, 0.25) is 23.6 Å². The summed E-state index contributed by atoms with van der Waals surface area (Å²) in [6.45, 7) is -0.943. The van der Waals surface area contributed by atoms with Crippen molar-refractivity contribution in [3.05, 3.63) is 29.8 Å². The number of hydrogen-bond acceptors (Lipinski definition) is 9. The number of benzene rings is 1. The number of phenolic OH excluding ortho intramolecular Hbond substituents is 1. The van der Waals surface area contributed by atoms with Crippen LogP contribution < -0.4 is 16.4 Å². The molecule has 2 heterocycles. The number of hydrogen-bond donors (Lipinski definition) is 7. The van der Waals surface area contributed by atoms with Crippen molar-refractivity contribution in [1.29, 1.82) is 0 Å². The Bertz CT molecular complexity index is 1070. The van der Waals surface area contributed by atoms with Gasteiger partial charge in [0.05, 0.1) is 13.2 Å². The second-order valence-corrected chi connectivity index (χ2v) is 9.68. The summed E-state index contributed by atoms with van der Waals surface area (Å²) < 4.78 is 0. The zero-order chi connectivity index (χ0) is 28.7. The molecule has 2 aliphatic heterocycles. The zero-order valence-electron chi connectivity index (χ0n) is 21.4. The van der Waals surface area contributed by atoms with Crippen LogP contribution >= 0.6 is 0 Å². The molecule has 214 valence electrons. The van der Waals surface area contributed by atoms with E-state index in [1.54, 1.807) is 12.1 Å². The Balaban J connectivity index is 1.81. The van der Waals surface area contributed by atoms with Gasteiger partial charge in [0.1, 0.15) is 36.0 Å². The van der Waals surface area contributed by atoms with Gasteiger partial charge >= 0.3 is 5.97 Å². The fraction of sp³-hybridized carbons (Fsp3) is 0.560. The number of nitrogens with one attached hydrogen (secondary N) is 2. The van der Waals surface area contributed by atoms with E-state index in [9.17, 15) is 39.3 Å². The molecule has 0 unspecified atom stereocenters. The molecule has 1 aromatic rings. The number of aliphatic hydroxyl groups is 2. The van der Waals surface area contributed by atoms with Crippen LogP contribution in [0.15, 0.2) is 24.3 Å². The lowest BCUT2D eigenvalue weighted by Gasteiger charge is -2.31. The highest BCUT2D eigenvalue weighted by Crippen LogP contribution is 2.22. The van der Waals surface area contributed by atoms with Crippen molar-refractivity contribution in [2.45, 2.75) is 62.3 Å². The molecule has 0 saturated carbocycles. The first kappa shape index (κ1) is 29.8. The number of aromatic hydroxyl groups is 1. The molecular weight excluding hydrogens is 514 g/mol. The number of amides is 4. The number of rotatable bonds is 11. The molecule has 0 radical (unpaired) electrons. The van der Waals surface area contributed by atoms with Crippen molar-refractivity contribution in [2.24, 2.45) is 5.73 Å². The van der Waals surface area contributed by atoms with E-state index in [4.69, 9.17) is 10.8 Å². The molecule has 1 aromatic carbocycles. The first-order valence-electron chi connectivity index (χ1n) is 12.8. The van der Waals surface area contributed by atoms with Crippen molar-refractivity contribution in [1.82, 2.24) is 20.4 Å². The van der Waals surface area contributed by atoms with Crippen LogP contribution in [-0.2, 0) is 30.4 Å². The van der Waals surface area contributed by atoms with E-state index in [1.807, 2.05) is 0 Å². The Kier molecular flexibility index (Phi) is 10.2. The lowest BCUT2D eigenvalue weighted by atomic mass is 10.0. The predicted octanol–water partition coefficient (Wildman–Crippen LogP) is -2.72. The van der Waals surface area contributed by atoms with Gasteiger partial charge in [-0.1, -0.05) is 12.1 Å². The number of aliphatic hydroxyl groups excluding tert-OH is 2. The minimum atomic E-state index is -1.53. The molecule has 0 spiro atoms. The maximum absolute atomic E-state index is 13.7. The third-order valence-electron chi connectivity index (χ3n) is 6.98. The molecule has 2 fully saturated rings. The highest BCUT2D eigenvalue weighted by Gasteiger charge is 2.41. The molecule has 39 heavy (non-hydrogen) atoms. The smallest absolute Gasteiger partial charge is 0.328 e. The van der Waals surface area contributed by atoms with Crippen LogP contribution in [0.4, 0.5) is 0 Å². The SMILES string of the molecule is N[C@@H](CO)C(=O)N1CCC[C@H]1C(=O)N[C@@H](Cc1ccc(O)cc1)C(=O)N1CCC[C@H]1C(=O)N[C@@H](CO)C(=O)O. The van der Waals surface area contributed by atoms with Gasteiger partial charge in [-0.05, 0) is 43.4 Å². The van der Waals surface area contributed by atoms with Gasteiger partial charge in [0, 0.05) is 19.5 Å². The van der Waals surface area contributed by atoms with E-state index in [0.717, 1.165) is 0 Å². The number of phenols is 1.